The molecular weight excluding hydrogens is 238 g/mol. The van der Waals surface area contributed by atoms with Crippen LogP contribution < -0.4 is 5.73 Å². The SMILES string of the molecule is CC(C)c1c(N)ncnc1Sc1cccs1. The average molecular weight is 251 g/mol. The van der Waals surface area contributed by atoms with Crippen molar-refractivity contribution in [1.82, 2.24) is 9.97 Å². The predicted molar refractivity (Wildman–Crippen MR) is 69.0 cm³/mol. The first-order valence-corrected chi connectivity index (χ1v) is 6.70. The van der Waals surface area contributed by atoms with Gasteiger partial charge in [-0.1, -0.05) is 31.7 Å². The fraction of sp³-hybridized carbons (Fsp3) is 0.273. The number of hydrogen-bond donors (Lipinski definition) is 1. The highest BCUT2D eigenvalue weighted by Gasteiger charge is 2.14. The predicted octanol–water partition coefficient (Wildman–Crippen LogP) is 3.39. The van der Waals surface area contributed by atoms with Crippen molar-refractivity contribution in [2.45, 2.75) is 29.0 Å². The van der Waals surface area contributed by atoms with E-state index in [1.54, 1.807) is 23.1 Å². The molecule has 0 bridgehead atoms. The lowest BCUT2D eigenvalue weighted by Crippen LogP contribution is -2.03. The lowest BCUT2D eigenvalue weighted by Gasteiger charge is -2.11. The number of nitrogens with two attached hydrogens (primary N) is 1. The first-order valence-electron chi connectivity index (χ1n) is 5.00. The van der Waals surface area contributed by atoms with Gasteiger partial charge >= 0.3 is 0 Å². The summed E-state index contributed by atoms with van der Waals surface area (Å²) in [7, 11) is 0. The van der Waals surface area contributed by atoms with E-state index in [9.17, 15) is 0 Å². The number of anilines is 1. The Balaban J connectivity index is 2.37. The summed E-state index contributed by atoms with van der Waals surface area (Å²) < 4.78 is 1.22. The van der Waals surface area contributed by atoms with Crippen LogP contribution in [0, 0.1) is 0 Å². The zero-order valence-corrected chi connectivity index (χ0v) is 10.8. The third-order valence-electron chi connectivity index (χ3n) is 2.15. The molecule has 2 N–H and O–H groups in total. The van der Waals surface area contributed by atoms with Crippen molar-refractivity contribution in [3.63, 3.8) is 0 Å². The molecule has 0 atom stereocenters. The second kappa shape index (κ2) is 4.84. The van der Waals surface area contributed by atoms with Crippen molar-refractivity contribution in [2.24, 2.45) is 0 Å². The highest BCUT2D eigenvalue weighted by Crippen LogP contribution is 2.36. The van der Waals surface area contributed by atoms with Crippen molar-refractivity contribution in [3.8, 4) is 0 Å². The molecule has 0 aromatic carbocycles. The van der Waals surface area contributed by atoms with Crippen molar-refractivity contribution in [3.05, 3.63) is 29.4 Å². The van der Waals surface area contributed by atoms with E-state index in [0.29, 0.717) is 11.7 Å². The first kappa shape index (κ1) is 11.4. The van der Waals surface area contributed by atoms with Crippen LogP contribution in [-0.4, -0.2) is 9.97 Å². The Hall–Kier alpha value is -1.07. The van der Waals surface area contributed by atoms with Gasteiger partial charge in [0.2, 0.25) is 0 Å². The molecule has 0 aliphatic rings. The zero-order chi connectivity index (χ0) is 11.5. The molecule has 0 fully saturated rings. The minimum Gasteiger partial charge on any atom is -0.383 e. The molecule has 16 heavy (non-hydrogen) atoms. The van der Waals surface area contributed by atoms with Crippen LogP contribution in [0.5, 0.6) is 0 Å². The number of hydrogen-bond acceptors (Lipinski definition) is 5. The second-order valence-electron chi connectivity index (χ2n) is 3.67. The van der Waals surface area contributed by atoms with Gasteiger partial charge in [-0.15, -0.1) is 11.3 Å². The van der Waals surface area contributed by atoms with Gasteiger partial charge in [-0.3, -0.25) is 0 Å². The number of thiophene rings is 1. The van der Waals surface area contributed by atoms with E-state index in [1.165, 1.54) is 10.5 Å². The summed E-state index contributed by atoms with van der Waals surface area (Å²) in [5, 5.41) is 3.02. The lowest BCUT2D eigenvalue weighted by atomic mass is 10.1. The second-order valence-corrected chi connectivity index (χ2v) is 5.90. The van der Waals surface area contributed by atoms with Gasteiger partial charge in [0.1, 0.15) is 17.2 Å². The molecule has 5 heteroatoms. The maximum Gasteiger partial charge on any atom is 0.131 e. The van der Waals surface area contributed by atoms with E-state index in [1.807, 2.05) is 6.07 Å². The van der Waals surface area contributed by atoms with Crippen LogP contribution in [0.4, 0.5) is 5.82 Å². The van der Waals surface area contributed by atoms with Crippen molar-refractivity contribution < 1.29 is 0 Å². The molecule has 0 saturated carbocycles. The highest BCUT2D eigenvalue weighted by molar-refractivity contribution is 8.01. The zero-order valence-electron chi connectivity index (χ0n) is 9.18. The molecule has 0 amide bonds. The van der Waals surface area contributed by atoms with Crippen molar-refractivity contribution in [2.75, 3.05) is 5.73 Å². The Morgan fingerprint density at radius 2 is 2.19 bits per heavy atom. The molecule has 0 radical (unpaired) electrons. The third kappa shape index (κ3) is 2.36. The van der Waals surface area contributed by atoms with E-state index in [0.717, 1.165) is 10.6 Å². The summed E-state index contributed by atoms with van der Waals surface area (Å²) in [6.07, 6.45) is 1.52. The molecule has 0 saturated heterocycles. The van der Waals surface area contributed by atoms with Gasteiger partial charge in [0, 0.05) is 5.56 Å². The van der Waals surface area contributed by atoms with Crippen molar-refractivity contribution in [1.29, 1.82) is 0 Å². The lowest BCUT2D eigenvalue weighted by molar-refractivity contribution is 0.809. The quantitative estimate of drug-likeness (QED) is 0.849. The van der Waals surface area contributed by atoms with Gasteiger partial charge in [0.25, 0.3) is 0 Å². The highest BCUT2D eigenvalue weighted by atomic mass is 32.2. The number of rotatable bonds is 3. The monoisotopic (exact) mass is 251 g/mol. The van der Waals surface area contributed by atoms with Crippen LogP contribution in [0.3, 0.4) is 0 Å². The fourth-order valence-corrected chi connectivity index (χ4v) is 3.36. The summed E-state index contributed by atoms with van der Waals surface area (Å²) in [5.74, 6) is 0.924. The molecule has 3 nitrogen and oxygen atoms in total. The topological polar surface area (TPSA) is 51.8 Å². The molecule has 2 rings (SSSR count). The summed E-state index contributed by atoms with van der Waals surface area (Å²) in [5.41, 5.74) is 6.93. The van der Waals surface area contributed by atoms with Crippen LogP contribution in [0.2, 0.25) is 0 Å². The Bertz CT molecular complexity index is 466. The van der Waals surface area contributed by atoms with Crippen LogP contribution in [-0.2, 0) is 0 Å². The molecule has 2 aromatic heterocycles. The Morgan fingerprint density at radius 1 is 1.38 bits per heavy atom. The summed E-state index contributed by atoms with van der Waals surface area (Å²) in [6.45, 7) is 4.21. The molecule has 2 aromatic rings. The van der Waals surface area contributed by atoms with E-state index < -0.39 is 0 Å². The molecule has 0 unspecified atom stereocenters. The van der Waals surface area contributed by atoms with Gasteiger partial charge in [-0.2, -0.15) is 0 Å². The van der Waals surface area contributed by atoms with Crippen LogP contribution in [0.25, 0.3) is 0 Å². The minimum atomic E-state index is 0.337. The number of nitrogens with zero attached hydrogens (tertiary/aromatic N) is 2. The van der Waals surface area contributed by atoms with Crippen molar-refractivity contribution >= 4 is 28.9 Å². The average Bonchev–Trinajstić information content (AvgIpc) is 2.70. The van der Waals surface area contributed by atoms with E-state index >= 15 is 0 Å². The maximum absolute atomic E-state index is 5.89. The minimum absolute atomic E-state index is 0.337. The summed E-state index contributed by atoms with van der Waals surface area (Å²) in [4.78, 5) is 8.36. The molecule has 0 spiro atoms. The maximum atomic E-state index is 5.89. The van der Waals surface area contributed by atoms with E-state index in [-0.39, 0.29) is 0 Å². The normalized spacial score (nSPS) is 10.9. The van der Waals surface area contributed by atoms with E-state index in [2.05, 4.69) is 35.3 Å². The van der Waals surface area contributed by atoms with E-state index in [4.69, 9.17) is 5.73 Å². The standard InChI is InChI=1S/C11H13N3S2/c1-7(2)9-10(12)13-6-14-11(9)16-8-4-3-5-15-8/h3-7H,1-2H3,(H2,12,13,14). The van der Waals surface area contributed by atoms with Crippen LogP contribution in [0.1, 0.15) is 25.3 Å². The van der Waals surface area contributed by atoms with Gasteiger partial charge in [-0.05, 0) is 17.4 Å². The molecule has 0 aliphatic carbocycles. The fourth-order valence-electron chi connectivity index (χ4n) is 1.43. The molecule has 0 aliphatic heterocycles. The number of aromatic nitrogens is 2. The molecular formula is C11H13N3S2. The third-order valence-corrected chi connectivity index (χ3v) is 4.20. The molecule has 84 valence electrons. The van der Waals surface area contributed by atoms with Gasteiger partial charge in [0.15, 0.2) is 0 Å². The van der Waals surface area contributed by atoms with Gasteiger partial charge in [-0.25, -0.2) is 9.97 Å². The molecule has 2 heterocycles. The Kier molecular flexibility index (Phi) is 3.46. The van der Waals surface area contributed by atoms with Gasteiger partial charge < -0.3 is 5.73 Å². The first-order chi connectivity index (χ1) is 7.68. The van der Waals surface area contributed by atoms with Gasteiger partial charge in [0.05, 0.1) is 4.21 Å². The number of nitrogen functional groups attached to an aromatic ring is 1. The smallest absolute Gasteiger partial charge is 0.131 e. The Morgan fingerprint density at radius 3 is 2.81 bits per heavy atom. The summed E-state index contributed by atoms with van der Waals surface area (Å²) >= 11 is 3.36. The Labute approximate surface area is 103 Å². The van der Waals surface area contributed by atoms with Crippen LogP contribution >= 0.6 is 23.1 Å². The largest absolute Gasteiger partial charge is 0.383 e. The summed E-state index contributed by atoms with van der Waals surface area (Å²) in [6, 6.07) is 4.12. The van der Waals surface area contributed by atoms with Crippen LogP contribution in [0.15, 0.2) is 33.1 Å².